The molecule has 1 heterocycles. The average molecular weight is 358 g/mol. The summed E-state index contributed by atoms with van der Waals surface area (Å²) in [5.41, 5.74) is 3.71. The molecule has 2 aromatic carbocycles. The predicted octanol–water partition coefficient (Wildman–Crippen LogP) is 3.90. The lowest BCUT2D eigenvalue weighted by molar-refractivity contribution is -0.124. The van der Waals surface area contributed by atoms with Gasteiger partial charge in [0, 0.05) is 42.7 Å². The van der Waals surface area contributed by atoms with Gasteiger partial charge in [0.05, 0.1) is 5.57 Å². The number of carbonyl (C=O) groups excluding carboxylic acids is 2. The number of benzene rings is 2. The number of nitrogens with one attached hydrogen (secondary N) is 2. The van der Waals surface area contributed by atoms with Crippen molar-refractivity contribution in [1.29, 1.82) is 0 Å². The zero-order chi connectivity index (χ0) is 18.6. The van der Waals surface area contributed by atoms with Gasteiger partial charge in [-0.05, 0) is 29.5 Å². The Morgan fingerprint density at radius 3 is 2.44 bits per heavy atom. The van der Waals surface area contributed by atoms with Gasteiger partial charge in [0.2, 0.25) is 0 Å². The highest BCUT2D eigenvalue weighted by Crippen LogP contribution is 2.31. The maximum absolute atomic E-state index is 12.5. The van der Waals surface area contributed by atoms with Crippen LogP contribution in [0.15, 0.2) is 72.6 Å². The highest BCUT2D eigenvalue weighted by atomic mass is 16.1. The van der Waals surface area contributed by atoms with Crippen molar-refractivity contribution in [2.75, 3.05) is 6.54 Å². The van der Waals surface area contributed by atoms with Crippen LogP contribution in [-0.2, 0) is 16.0 Å². The molecule has 3 aromatic rings. The van der Waals surface area contributed by atoms with Gasteiger partial charge in [-0.2, -0.15) is 0 Å². The molecule has 0 saturated heterocycles. The van der Waals surface area contributed by atoms with E-state index in [0.29, 0.717) is 25.0 Å². The van der Waals surface area contributed by atoms with E-state index >= 15 is 0 Å². The highest BCUT2D eigenvalue weighted by molar-refractivity contribution is 6.22. The molecule has 1 aromatic heterocycles. The lowest BCUT2D eigenvalue weighted by Crippen LogP contribution is -2.26. The summed E-state index contributed by atoms with van der Waals surface area (Å²) in [7, 11) is 0. The summed E-state index contributed by atoms with van der Waals surface area (Å²) < 4.78 is 0. The molecule has 1 aliphatic carbocycles. The normalized spacial score (nSPS) is 17.3. The second-order valence-electron chi connectivity index (χ2n) is 6.98. The first-order valence-electron chi connectivity index (χ1n) is 9.32. The van der Waals surface area contributed by atoms with Crippen LogP contribution in [0.2, 0.25) is 0 Å². The first-order chi connectivity index (χ1) is 13.2. The fourth-order valence-electron chi connectivity index (χ4n) is 3.74. The fourth-order valence-corrected chi connectivity index (χ4v) is 3.74. The summed E-state index contributed by atoms with van der Waals surface area (Å²) >= 11 is 0. The molecule has 0 aliphatic heterocycles. The molecule has 4 rings (SSSR count). The third-order valence-electron chi connectivity index (χ3n) is 5.20. The maximum Gasteiger partial charge on any atom is 0.168 e. The third kappa shape index (κ3) is 3.70. The van der Waals surface area contributed by atoms with Gasteiger partial charge in [-0.15, -0.1) is 0 Å². The summed E-state index contributed by atoms with van der Waals surface area (Å²) in [6.07, 6.45) is 5.24. The molecule has 2 N–H and O–H groups in total. The first kappa shape index (κ1) is 17.3. The third-order valence-corrected chi connectivity index (χ3v) is 5.20. The standard InChI is InChI=1S/C23H22N2O2/c26-22-12-18(16-6-2-1-3-7-16)13-23(27)20(22)15-24-11-10-17-14-25-21-9-5-4-8-19(17)21/h1-9,14-15,18,24-25H,10-13H2. The minimum Gasteiger partial charge on any atom is -0.390 e. The summed E-state index contributed by atoms with van der Waals surface area (Å²) in [5, 5.41) is 4.37. The molecule has 0 amide bonds. The van der Waals surface area contributed by atoms with Crippen LogP contribution in [0, 0.1) is 0 Å². The number of allylic oxidation sites excluding steroid dienone is 1. The van der Waals surface area contributed by atoms with Gasteiger partial charge in [0.1, 0.15) is 0 Å². The van der Waals surface area contributed by atoms with Gasteiger partial charge >= 0.3 is 0 Å². The molecule has 27 heavy (non-hydrogen) atoms. The van der Waals surface area contributed by atoms with Gasteiger partial charge in [0.15, 0.2) is 11.6 Å². The van der Waals surface area contributed by atoms with Crippen LogP contribution < -0.4 is 5.32 Å². The van der Waals surface area contributed by atoms with Crippen LogP contribution in [-0.4, -0.2) is 23.1 Å². The van der Waals surface area contributed by atoms with E-state index in [9.17, 15) is 9.59 Å². The second kappa shape index (κ2) is 7.62. The number of rotatable bonds is 5. The van der Waals surface area contributed by atoms with E-state index in [0.717, 1.165) is 17.5 Å². The Bertz CT molecular complexity index is 981. The van der Waals surface area contributed by atoms with Crippen molar-refractivity contribution in [2.24, 2.45) is 0 Å². The molecule has 1 fully saturated rings. The minimum atomic E-state index is -0.0697. The van der Waals surface area contributed by atoms with Crippen molar-refractivity contribution in [3.05, 3.63) is 83.7 Å². The van der Waals surface area contributed by atoms with Gasteiger partial charge < -0.3 is 10.3 Å². The van der Waals surface area contributed by atoms with Crippen molar-refractivity contribution in [3.8, 4) is 0 Å². The Hall–Kier alpha value is -3.14. The smallest absolute Gasteiger partial charge is 0.168 e. The van der Waals surface area contributed by atoms with Gasteiger partial charge in [-0.25, -0.2) is 0 Å². The fraction of sp³-hybridized carbons (Fsp3) is 0.217. The molecule has 0 spiro atoms. The molecule has 4 nitrogen and oxygen atoms in total. The molecule has 4 heteroatoms. The number of Topliss-reactive ketones (excluding diaryl/α,β-unsaturated/α-hetero) is 2. The average Bonchev–Trinajstić information content (AvgIpc) is 3.10. The van der Waals surface area contributed by atoms with Crippen molar-refractivity contribution in [1.82, 2.24) is 10.3 Å². The number of carbonyl (C=O) groups is 2. The van der Waals surface area contributed by atoms with Gasteiger partial charge in [-0.3, -0.25) is 9.59 Å². The largest absolute Gasteiger partial charge is 0.390 e. The van der Waals surface area contributed by atoms with E-state index in [2.05, 4.69) is 22.4 Å². The highest BCUT2D eigenvalue weighted by Gasteiger charge is 2.31. The van der Waals surface area contributed by atoms with E-state index in [1.165, 1.54) is 10.9 Å². The molecule has 1 saturated carbocycles. The molecule has 136 valence electrons. The number of para-hydroxylation sites is 1. The number of aromatic nitrogens is 1. The lowest BCUT2D eigenvalue weighted by Gasteiger charge is -2.22. The Morgan fingerprint density at radius 2 is 1.67 bits per heavy atom. The quantitative estimate of drug-likeness (QED) is 0.413. The second-order valence-corrected chi connectivity index (χ2v) is 6.98. The number of aromatic amines is 1. The van der Waals surface area contributed by atoms with Crippen molar-refractivity contribution in [3.63, 3.8) is 0 Å². The van der Waals surface area contributed by atoms with Crippen LogP contribution >= 0.6 is 0 Å². The van der Waals surface area contributed by atoms with Crippen molar-refractivity contribution < 1.29 is 9.59 Å². The van der Waals surface area contributed by atoms with Gasteiger partial charge in [-0.1, -0.05) is 48.5 Å². The first-order valence-corrected chi connectivity index (χ1v) is 9.32. The van der Waals surface area contributed by atoms with E-state index in [1.54, 1.807) is 6.20 Å². The number of hydrogen-bond donors (Lipinski definition) is 2. The Labute approximate surface area is 158 Å². The molecule has 0 bridgehead atoms. The summed E-state index contributed by atoms with van der Waals surface area (Å²) in [6, 6.07) is 18.0. The van der Waals surface area contributed by atoms with Crippen molar-refractivity contribution in [2.45, 2.75) is 25.2 Å². The van der Waals surface area contributed by atoms with E-state index < -0.39 is 0 Å². The van der Waals surface area contributed by atoms with Crippen LogP contribution in [0.5, 0.6) is 0 Å². The molecule has 0 unspecified atom stereocenters. The van der Waals surface area contributed by atoms with Crippen LogP contribution in [0.4, 0.5) is 0 Å². The predicted molar refractivity (Wildman–Crippen MR) is 107 cm³/mol. The summed E-state index contributed by atoms with van der Waals surface area (Å²) in [6.45, 7) is 0.675. The number of ketones is 2. The Morgan fingerprint density at radius 1 is 0.963 bits per heavy atom. The monoisotopic (exact) mass is 358 g/mol. The summed E-state index contributed by atoms with van der Waals surface area (Å²) in [4.78, 5) is 28.2. The number of hydrogen-bond acceptors (Lipinski definition) is 3. The lowest BCUT2D eigenvalue weighted by atomic mass is 9.80. The van der Waals surface area contributed by atoms with Crippen LogP contribution in [0.1, 0.15) is 29.9 Å². The van der Waals surface area contributed by atoms with Crippen LogP contribution in [0.25, 0.3) is 10.9 Å². The van der Waals surface area contributed by atoms with Crippen LogP contribution in [0.3, 0.4) is 0 Å². The van der Waals surface area contributed by atoms with E-state index in [4.69, 9.17) is 0 Å². The van der Waals surface area contributed by atoms with E-state index in [-0.39, 0.29) is 17.5 Å². The molecule has 0 atom stereocenters. The van der Waals surface area contributed by atoms with Gasteiger partial charge in [0.25, 0.3) is 0 Å². The van der Waals surface area contributed by atoms with E-state index in [1.807, 2.05) is 48.7 Å². The minimum absolute atomic E-state index is 0.00503. The zero-order valence-electron chi connectivity index (χ0n) is 15.1. The van der Waals surface area contributed by atoms with Crippen molar-refractivity contribution >= 4 is 22.5 Å². The number of H-pyrrole nitrogens is 1. The molecule has 0 radical (unpaired) electrons. The zero-order valence-corrected chi connectivity index (χ0v) is 15.1. The Balaban J connectivity index is 1.37. The molecular formula is C23H22N2O2. The maximum atomic E-state index is 12.5. The SMILES string of the molecule is O=C1CC(c2ccccc2)CC(=O)C1=CNCCc1c[nH]c2ccccc12. The number of fused-ring (bicyclic) bond motifs is 1. The molecular weight excluding hydrogens is 336 g/mol. The Kier molecular flexibility index (Phi) is 4.88. The molecule has 1 aliphatic rings. The summed E-state index contributed by atoms with van der Waals surface area (Å²) in [5.74, 6) is -0.144. The topological polar surface area (TPSA) is 62.0 Å².